The lowest BCUT2D eigenvalue weighted by Gasteiger charge is -2.18. The minimum absolute atomic E-state index is 0.0166. The molecule has 5 nitrogen and oxygen atoms in total. The van der Waals surface area contributed by atoms with Crippen LogP contribution in [0.3, 0.4) is 0 Å². The van der Waals surface area contributed by atoms with Gasteiger partial charge in [0.1, 0.15) is 5.75 Å². The van der Waals surface area contributed by atoms with E-state index >= 15 is 0 Å². The standard InChI is InChI=1S/C22H23F3N2O3/c1-2-10-30-19-9-8-17(22(23,24)25)12-18(19)26-21(29)16-11-20(28)27(14-16)13-15-6-4-3-5-7-15/h3-9,12,16H,2,10-11,13-14H2,1H3,(H,26,29)/t16-/m1/s1. The molecule has 1 saturated heterocycles. The summed E-state index contributed by atoms with van der Waals surface area (Å²) in [7, 11) is 0. The number of ether oxygens (including phenoxy) is 1. The summed E-state index contributed by atoms with van der Waals surface area (Å²) in [5, 5.41) is 2.54. The molecule has 0 aliphatic carbocycles. The molecular weight excluding hydrogens is 397 g/mol. The second-order valence-electron chi connectivity index (χ2n) is 7.21. The average Bonchev–Trinajstić information content (AvgIpc) is 3.07. The molecule has 8 heteroatoms. The SMILES string of the molecule is CCCOc1ccc(C(F)(F)F)cc1NC(=O)[C@@H]1CC(=O)N(Cc2ccccc2)C1. The van der Waals surface area contributed by atoms with Crippen LogP contribution < -0.4 is 10.1 Å². The maximum absolute atomic E-state index is 13.1. The normalized spacial score (nSPS) is 16.6. The fourth-order valence-electron chi connectivity index (χ4n) is 3.28. The van der Waals surface area contributed by atoms with E-state index in [9.17, 15) is 22.8 Å². The summed E-state index contributed by atoms with van der Waals surface area (Å²) >= 11 is 0. The highest BCUT2D eigenvalue weighted by atomic mass is 19.4. The van der Waals surface area contributed by atoms with Crippen molar-refractivity contribution in [2.45, 2.75) is 32.5 Å². The van der Waals surface area contributed by atoms with Crippen LogP contribution in [0.5, 0.6) is 5.75 Å². The Kier molecular flexibility index (Phi) is 6.64. The Bertz CT molecular complexity index is 900. The second kappa shape index (κ2) is 9.19. The van der Waals surface area contributed by atoms with Gasteiger partial charge < -0.3 is 15.0 Å². The van der Waals surface area contributed by atoms with Crippen LogP contribution in [0, 0.1) is 5.92 Å². The Hall–Kier alpha value is -3.03. The van der Waals surface area contributed by atoms with Gasteiger partial charge >= 0.3 is 6.18 Å². The number of hydrogen-bond acceptors (Lipinski definition) is 3. The fraction of sp³-hybridized carbons (Fsp3) is 0.364. The molecule has 1 atom stereocenters. The second-order valence-corrected chi connectivity index (χ2v) is 7.21. The van der Waals surface area contributed by atoms with Gasteiger partial charge in [-0.2, -0.15) is 13.2 Å². The summed E-state index contributed by atoms with van der Waals surface area (Å²) in [5.74, 6) is -1.14. The molecule has 0 aromatic heterocycles. The molecule has 1 heterocycles. The van der Waals surface area contributed by atoms with Crippen molar-refractivity contribution >= 4 is 17.5 Å². The zero-order valence-corrected chi connectivity index (χ0v) is 16.5. The molecule has 2 aromatic rings. The molecule has 0 saturated carbocycles. The topological polar surface area (TPSA) is 58.6 Å². The predicted molar refractivity (Wildman–Crippen MR) is 106 cm³/mol. The lowest BCUT2D eigenvalue weighted by Crippen LogP contribution is -2.28. The molecule has 30 heavy (non-hydrogen) atoms. The van der Waals surface area contributed by atoms with Gasteiger partial charge in [0.25, 0.3) is 0 Å². The van der Waals surface area contributed by atoms with Crippen LogP contribution in [0.15, 0.2) is 48.5 Å². The number of nitrogens with zero attached hydrogens (tertiary/aromatic N) is 1. The van der Waals surface area contributed by atoms with Gasteiger partial charge in [0.05, 0.1) is 23.8 Å². The fourth-order valence-corrected chi connectivity index (χ4v) is 3.28. The number of hydrogen-bond donors (Lipinski definition) is 1. The number of amides is 2. The van der Waals surface area contributed by atoms with Crippen LogP contribution in [0.25, 0.3) is 0 Å². The first-order valence-corrected chi connectivity index (χ1v) is 9.74. The Morgan fingerprint density at radius 1 is 1.20 bits per heavy atom. The van der Waals surface area contributed by atoms with Crippen molar-refractivity contribution in [3.63, 3.8) is 0 Å². The molecule has 1 N–H and O–H groups in total. The van der Waals surface area contributed by atoms with Crippen molar-refractivity contribution in [2.75, 3.05) is 18.5 Å². The zero-order chi connectivity index (χ0) is 21.7. The number of benzene rings is 2. The van der Waals surface area contributed by atoms with Gasteiger partial charge in [0.2, 0.25) is 11.8 Å². The van der Waals surface area contributed by atoms with E-state index in [-0.39, 0.29) is 30.3 Å². The van der Waals surface area contributed by atoms with E-state index in [1.807, 2.05) is 37.3 Å². The zero-order valence-electron chi connectivity index (χ0n) is 16.5. The number of nitrogens with one attached hydrogen (secondary N) is 1. The summed E-state index contributed by atoms with van der Waals surface area (Å²) in [4.78, 5) is 26.6. The lowest BCUT2D eigenvalue weighted by atomic mass is 10.1. The van der Waals surface area contributed by atoms with Crippen molar-refractivity contribution in [1.82, 2.24) is 4.90 Å². The van der Waals surface area contributed by atoms with E-state index in [1.165, 1.54) is 6.07 Å². The third-order valence-electron chi connectivity index (χ3n) is 4.83. The Morgan fingerprint density at radius 2 is 1.93 bits per heavy atom. The summed E-state index contributed by atoms with van der Waals surface area (Å²) in [6.45, 7) is 2.77. The van der Waals surface area contributed by atoms with E-state index in [1.54, 1.807) is 4.90 Å². The molecule has 1 aliphatic heterocycles. The Balaban J connectivity index is 1.72. The van der Waals surface area contributed by atoms with E-state index < -0.39 is 23.6 Å². The number of halogens is 3. The van der Waals surface area contributed by atoms with Crippen LogP contribution in [0.4, 0.5) is 18.9 Å². The first-order valence-electron chi connectivity index (χ1n) is 9.74. The lowest BCUT2D eigenvalue weighted by molar-refractivity contribution is -0.137. The number of likely N-dealkylation sites (tertiary alicyclic amines) is 1. The predicted octanol–water partition coefficient (Wildman–Crippen LogP) is 4.48. The molecule has 1 aliphatic rings. The molecule has 0 unspecified atom stereocenters. The Labute approximate surface area is 172 Å². The molecular formula is C22H23F3N2O3. The average molecular weight is 420 g/mol. The number of alkyl halides is 3. The first-order chi connectivity index (χ1) is 14.3. The van der Waals surface area contributed by atoms with Crippen LogP contribution in [0.1, 0.15) is 30.9 Å². The summed E-state index contributed by atoms with van der Waals surface area (Å²) < 4.78 is 44.8. The van der Waals surface area contributed by atoms with Crippen LogP contribution in [-0.4, -0.2) is 29.9 Å². The third-order valence-corrected chi connectivity index (χ3v) is 4.83. The van der Waals surface area contributed by atoms with Crippen molar-refractivity contribution in [3.8, 4) is 5.75 Å². The maximum Gasteiger partial charge on any atom is 0.416 e. The molecule has 2 aromatic carbocycles. The summed E-state index contributed by atoms with van der Waals surface area (Å²) in [6, 6.07) is 12.4. The van der Waals surface area contributed by atoms with Crippen molar-refractivity contribution in [1.29, 1.82) is 0 Å². The quantitative estimate of drug-likeness (QED) is 0.719. The highest BCUT2D eigenvalue weighted by Crippen LogP contribution is 2.35. The van der Waals surface area contributed by atoms with Crippen LogP contribution in [-0.2, 0) is 22.3 Å². The van der Waals surface area contributed by atoms with Gasteiger partial charge in [0.15, 0.2) is 0 Å². The molecule has 160 valence electrons. The highest BCUT2D eigenvalue weighted by molar-refractivity contribution is 5.98. The Morgan fingerprint density at radius 3 is 2.60 bits per heavy atom. The molecule has 3 rings (SSSR count). The summed E-state index contributed by atoms with van der Waals surface area (Å²) in [6.07, 6.45) is -3.86. The van der Waals surface area contributed by atoms with Gasteiger partial charge in [-0.05, 0) is 30.2 Å². The monoisotopic (exact) mass is 420 g/mol. The van der Waals surface area contributed by atoms with Crippen molar-refractivity contribution in [2.24, 2.45) is 5.92 Å². The van der Waals surface area contributed by atoms with Crippen LogP contribution >= 0.6 is 0 Å². The van der Waals surface area contributed by atoms with Gasteiger partial charge in [-0.25, -0.2) is 0 Å². The van der Waals surface area contributed by atoms with E-state index in [4.69, 9.17) is 4.74 Å². The van der Waals surface area contributed by atoms with Gasteiger partial charge in [-0.15, -0.1) is 0 Å². The van der Waals surface area contributed by atoms with Gasteiger partial charge in [-0.1, -0.05) is 37.3 Å². The summed E-state index contributed by atoms with van der Waals surface area (Å²) in [5.41, 5.74) is 0.0205. The van der Waals surface area contributed by atoms with Crippen LogP contribution in [0.2, 0.25) is 0 Å². The van der Waals surface area contributed by atoms with E-state index in [0.29, 0.717) is 19.6 Å². The molecule has 1 fully saturated rings. The first kappa shape index (κ1) is 21.7. The van der Waals surface area contributed by atoms with Gasteiger partial charge in [-0.3, -0.25) is 9.59 Å². The number of rotatable bonds is 7. The molecule has 2 amide bonds. The smallest absolute Gasteiger partial charge is 0.416 e. The molecule has 0 spiro atoms. The van der Waals surface area contributed by atoms with E-state index in [0.717, 1.165) is 17.7 Å². The van der Waals surface area contributed by atoms with Crippen molar-refractivity contribution in [3.05, 3.63) is 59.7 Å². The van der Waals surface area contributed by atoms with Crippen molar-refractivity contribution < 1.29 is 27.5 Å². The maximum atomic E-state index is 13.1. The third kappa shape index (κ3) is 5.31. The number of anilines is 1. The number of carbonyl (C=O) groups is 2. The minimum atomic E-state index is -4.54. The molecule has 0 radical (unpaired) electrons. The number of carbonyl (C=O) groups excluding carboxylic acids is 2. The highest BCUT2D eigenvalue weighted by Gasteiger charge is 2.35. The largest absolute Gasteiger partial charge is 0.491 e. The molecule has 0 bridgehead atoms. The minimum Gasteiger partial charge on any atom is -0.491 e. The van der Waals surface area contributed by atoms with E-state index in [2.05, 4.69) is 5.32 Å². The van der Waals surface area contributed by atoms with Gasteiger partial charge in [0, 0.05) is 19.5 Å².